The summed E-state index contributed by atoms with van der Waals surface area (Å²) >= 11 is 0. The minimum absolute atomic E-state index is 0.220. The van der Waals surface area contributed by atoms with Crippen LogP contribution >= 0.6 is 0 Å². The van der Waals surface area contributed by atoms with Gasteiger partial charge >= 0.3 is 0 Å². The number of nitrogens with one attached hydrogen (secondary N) is 2. The summed E-state index contributed by atoms with van der Waals surface area (Å²) < 4.78 is 5.77. The molecule has 1 heterocycles. The maximum absolute atomic E-state index is 5.77. The average Bonchev–Trinajstić information content (AvgIpc) is 2.61. The zero-order chi connectivity index (χ0) is 11.1. The summed E-state index contributed by atoms with van der Waals surface area (Å²) in [4.78, 5) is 0. The van der Waals surface area contributed by atoms with Gasteiger partial charge in [0.15, 0.2) is 0 Å². The molecule has 0 amide bonds. The lowest BCUT2D eigenvalue weighted by atomic mass is 10.2. The number of likely N-dealkylation sites (N-methyl/N-ethyl adjacent to an activating group) is 1. The zero-order valence-corrected chi connectivity index (χ0v) is 9.84. The Bertz CT molecular complexity index is 273. The molecule has 1 aromatic heterocycles. The first-order valence-electron chi connectivity index (χ1n) is 5.65. The molecule has 1 atom stereocenters. The molecule has 1 unspecified atom stereocenters. The lowest BCUT2D eigenvalue weighted by Crippen LogP contribution is -2.31. The number of ether oxygens (including phenoxy) is 1. The molecule has 0 radical (unpaired) electrons. The first kappa shape index (κ1) is 12.0. The van der Waals surface area contributed by atoms with Crippen molar-refractivity contribution in [2.45, 2.75) is 39.7 Å². The monoisotopic (exact) mass is 211 g/mol. The normalized spacial score (nSPS) is 12.7. The Morgan fingerprint density at radius 2 is 2.33 bits per heavy atom. The van der Waals surface area contributed by atoms with Crippen LogP contribution in [0, 0.1) is 6.92 Å². The van der Waals surface area contributed by atoms with Crippen molar-refractivity contribution in [3.63, 3.8) is 0 Å². The van der Waals surface area contributed by atoms with E-state index in [1.54, 1.807) is 0 Å². The SMILES string of the molecule is CCCC(CNCC)Oc1cc(C)[nH]n1. The lowest BCUT2D eigenvalue weighted by Gasteiger charge is -2.16. The van der Waals surface area contributed by atoms with E-state index in [9.17, 15) is 0 Å². The van der Waals surface area contributed by atoms with Gasteiger partial charge in [-0.3, -0.25) is 5.10 Å². The Kier molecular flexibility index (Phi) is 5.18. The van der Waals surface area contributed by atoms with Gasteiger partial charge in [0.05, 0.1) is 0 Å². The van der Waals surface area contributed by atoms with Crippen molar-refractivity contribution in [2.75, 3.05) is 13.1 Å². The number of H-pyrrole nitrogens is 1. The van der Waals surface area contributed by atoms with Crippen LogP contribution in [0.4, 0.5) is 0 Å². The van der Waals surface area contributed by atoms with Crippen LogP contribution in [0.2, 0.25) is 0 Å². The van der Waals surface area contributed by atoms with Gasteiger partial charge in [-0.25, -0.2) is 0 Å². The van der Waals surface area contributed by atoms with Crippen LogP contribution in [0.3, 0.4) is 0 Å². The minimum atomic E-state index is 0.220. The van der Waals surface area contributed by atoms with Crippen molar-refractivity contribution in [3.8, 4) is 5.88 Å². The van der Waals surface area contributed by atoms with E-state index in [2.05, 4.69) is 29.4 Å². The highest BCUT2D eigenvalue weighted by Gasteiger charge is 2.10. The van der Waals surface area contributed by atoms with Crippen molar-refractivity contribution in [3.05, 3.63) is 11.8 Å². The van der Waals surface area contributed by atoms with Crippen LogP contribution in [0.15, 0.2) is 6.07 Å². The molecule has 0 bridgehead atoms. The van der Waals surface area contributed by atoms with Crippen LogP contribution in [0.5, 0.6) is 5.88 Å². The van der Waals surface area contributed by atoms with E-state index in [0.29, 0.717) is 5.88 Å². The smallest absolute Gasteiger partial charge is 0.233 e. The molecular weight excluding hydrogens is 190 g/mol. The van der Waals surface area contributed by atoms with Crippen LogP contribution < -0.4 is 10.1 Å². The van der Waals surface area contributed by atoms with Crippen molar-refractivity contribution < 1.29 is 4.74 Å². The van der Waals surface area contributed by atoms with Crippen molar-refractivity contribution >= 4 is 0 Å². The Labute approximate surface area is 91.4 Å². The molecule has 0 saturated heterocycles. The molecule has 0 aliphatic rings. The third-order valence-electron chi connectivity index (χ3n) is 2.20. The minimum Gasteiger partial charge on any atom is -0.472 e. The molecule has 0 aliphatic carbocycles. The van der Waals surface area contributed by atoms with E-state index < -0.39 is 0 Å². The summed E-state index contributed by atoms with van der Waals surface area (Å²) in [5.74, 6) is 0.698. The second-order valence-electron chi connectivity index (χ2n) is 3.73. The average molecular weight is 211 g/mol. The zero-order valence-electron chi connectivity index (χ0n) is 9.84. The molecule has 15 heavy (non-hydrogen) atoms. The van der Waals surface area contributed by atoms with Crippen molar-refractivity contribution in [1.29, 1.82) is 0 Å². The van der Waals surface area contributed by atoms with E-state index >= 15 is 0 Å². The number of aromatic nitrogens is 2. The van der Waals surface area contributed by atoms with Crippen LogP contribution in [0.25, 0.3) is 0 Å². The van der Waals surface area contributed by atoms with Crippen molar-refractivity contribution in [1.82, 2.24) is 15.5 Å². The molecule has 1 rings (SSSR count). The molecule has 4 nitrogen and oxygen atoms in total. The number of nitrogens with zero attached hydrogens (tertiary/aromatic N) is 1. The van der Waals surface area contributed by atoms with Gasteiger partial charge in [-0.15, -0.1) is 5.10 Å². The summed E-state index contributed by atoms with van der Waals surface area (Å²) in [6, 6.07) is 1.93. The van der Waals surface area contributed by atoms with E-state index in [0.717, 1.165) is 31.6 Å². The van der Waals surface area contributed by atoms with E-state index in [1.807, 2.05) is 13.0 Å². The van der Waals surface area contributed by atoms with Crippen LogP contribution in [-0.4, -0.2) is 29.4 Å². The second kappa shape index (κ2) is 6.45. The Morgan fingerprint density at radius 3 is 2.87 bits per heavy atom. The number of hydrogen-bond donors (Lipinski definition) is 2. The maximum atomic E-state index is 5.77. The number of rotatable bonds is 7. The Hall–Kier alpha value is -1.03. The van der Waals surface area contributed by atoms with Gasteiger partial charge in [-0.2, -0.15) is 0 Å². The quantitative estimate of drug-likeness (QED) is 0.724. The molecule has 2 N–H and O–H groups in total. The first-order valence-corrected chi connectivity index (χ1v) is 5.65. The van der Waals surface area contributed by atoms with Crippen LogP contribution in [-0.2, 0) is 0 Å². The third-order valence-corrected chi connectivity index (χ3v) is 2.20. The molecular formula is C11H21N3O. The Morgan fingerprint density at radius 1 is 1.53 bits per heavy atom. The lowest BCUT2D eigenvalue weighted by molar-refractivity contribution is 0.179. The van der Waals surface area contributed by atoms with E-state index in [4.69, 9.17) is 4.74 Å². The first-order chi connectivity index (χ1) is 7.26. The van der Waals surface area contributed by atoms with Crippen LogP contribution in [0.1, 0.15) is 32.4 Å². The number of aromatic amines is 1. The van der Waals surface area contributed by atoms with Gasteiger partial charge in [-0.1, -0.05) is 20.3 Å². The van der Waals surface area contributed by atoms with Gasteiger partial charge in [-0.05, 0) is 19.9 Å². The number of hydrogen-bond acceptors (Lipinski definition) is 3. The fourth-order valence-electron chi connectivity index (χ4n) is 1.45. The molecule has 0 spiro atoms. The summed E-state index contributed by atoms with van der Waals surface area (Å²) in [5, 5.41) is 10.2. The standard InChI is InChI=1S/C11H21N3O/c1-4-6-10(8-12-5-2)15-11-7-9(3)13-14-11/h7,10,12H,4-6,8H2,1-3H3,(H,13,14). The fraction of sp³-hybridized carbons (Fsp3) is 0.727. The largest absolute Gasteiger partial charge is 0.472 e. The molecule has 0 aromatic carbocycles. The fourth-order valence-corrected chi connectivity index (χ4v) is 1.45. The third kappa shape index (κ3) is 4.34. The predicted molar refractivity (Wildman–Crippen MR) is 61.2 cm³/mol. The maximum Gasteiger partial charge on any atom is 0.233 e. The van der Waals surface area contributed by atoms with E-state index in [1.165, 1.54) is 0 Å². The van der Waals surface area contributed by atoms with Gasteiger partial charge in [0.2, 0.25) is 5.88 Å². The highest BCUT2D eigenvalue weighted by atomic mass is 16.5. The molecule has 0 aliphatic heterocycles. The summed E-state index contributed by atoms with van der Waals surface area (Å²) in [7, 11) is 0. The molecule has 86 valence electrons. The summed E-state index contributed by atoms with van der Waals surface area (Å²) in [6.07, 6.45) is 2.40. The Balaban J connectivity index is 2.42. The van der Waals surface area contributed by atoms with Gasteiger partial charge in [0.1, 0.15) is 6.10 Å². The molecule has 4 heteroatoms. The summed E-state index contributed by atoms with van der Waals surface area (Å²) in [5.41, 5.74) is 1.03. The van der Waals surface area contributed by atoms with Gasteiger partial charge in [0, 0.05) is 18.3 Å². The second-order valence-corrected chi connectivity index (χ2v) is 3.73. The molecule has 0 saturated carbocycles. The van der Waals surface area contributed by atoms with Gasteiger partial charge < -0.3 is 10.1 Å². The van der Waals surface area contributed by atoms with Crippen molar-refractivity contribution in [2.24, 2.45) is 0 Å². The topological polar surface area (TPSA) is 49.9 Å². The predicted octanol–water partition coefficient (Wildman–Crippen LogP) is 1.88. The molecule has 0 fully saturated rings. The van der Waals surface area contributed by atoms with Gasteiger partial charge in [0.25, 0.3) is 0 Å². The van der Waals surface area contributed by atoms with E-state index in [-0.39, 0.29) is 6.10 Å². The molecule has 1 aromatic rings. The number of aryl methyl sites for hydroxylation is 1. The summed E-state index contributed by atoms with van der Waals surface area (Å²) in [6.45, 7) is 8.10. The highest BCUT2D eigenvalue weighted by Crippen LogP contribution is 2.11. The highest BCUT2D eigenvalue weighted by molar-refractivity contribution is 5.12.